The Hall–Kier alpha value is -2.31. The van der Waals surface area contributed by atoms with Gasteiger partial charge in [-0.15, -0.1) is 6.58 Å². The number of benzene rings is 1. The van der Waals surface area contributed by atoms with Gasteiger partial charge in [-0.2, -0.15) is 0 Å². The summed E-state index contributed by atoms with van der Waals surface area (Å²) in [5.74, 6) is -0.384. The van der Waals surface area contributed by atoms with Crippen LogP contribution in [0.25, 0.3) is 0 Å². The number of hydrogen-bond acceptors (Lipinski definition) is 6. The third-order valence-corrected chi connectivity index (χ3v) is 6.31. The Labute approximate surface area is 151 Å². The molecular weight excluding hydrogens is 336 g/mol. The number of ether oxygens (including phenoxy) is 3. The van der Waals surface area contributed by atoms with Crippen LogP contribution in [0.3, 0.4) is 0 Å². The summed E-state index contributed by atoms with van der Waals surface area (Å²) in [7, 11) is 1.40. The molecule has 0 saturated heterocycles. The molecule has 138 valence electrons. The third kappa shape index (κ3) is 1.86. The van der Waals surface area contributed by atoms with Crippen LogP contribution in [0, 0.1) is 11.3 Å². The summed E-state index contributed by atoms with van der Waals surface area (Å²) in [6, 6.07) is 5.47. The van der Waals surface area contributed by atoms with Crippen molar-refractivity contribution in [3.8, 4) is 11.5 Å². The minimum absolute atomic E-state index is 0.152. The lowest BCUT2D eigenvalue weighted by Gasteiger charge is -2.41. The highest BCUT2D eigenvalue weighted by molar-refractivity contribution is 6.03. The SMILES string of the molecule is C=CC[C@@]12C=C(O)C(=O)[C@](OC)([C@H](c3ccc4c(c3)OCO4)[C@H]1C)[C@@H]2O. The molecule has 2 aliphatic carbocycles. The van der Waals surface area contributed by atoms with Crippen molar-refractivity contribution < 1.29 is 29.2 Å². The molecule has 6 heteroatoms. The van der Waals surface area contributed by atoms with E-state index >= 15 is 0 Å². The van der Waals surface area contributed by atoms with E-state index in [1.807, 2.05) is 19.1 Å². The van der Waals surface area contributed by atoms with Gasteiger partial charge in [0.1, 0.15) is 6.10 Å². The van der Waals surface area contributed by atoms with Crippen LogP contribution in [-0.4, -0.2) is 41.6 Å². The molecule has 3 aliphatic rings. The minimum atomic E-state index is -1.56. The quantitative estimate of drug-likeness (QED) is 0.805. The van der Waals surface area contributed by atoms with Crippen LogP contribution in [0.4, 0.5) is 0 Å². The van der Waals surface area contributed by atoms with Gasteiger partial charge in [0.15, 0.2) is 22.9 Å². The number of rotatable bonds is 4. The smallest absolute Gasteiger partial charge is 0.231 e. The molecular formula is C20H22O6. The van der Waals surface area contributed by atoms with Crippen molar-refractivity contribution in [3.05, 3.63) is 48.3 Å². The standard InChI is InChI=1S/C20H22O6/c1-4-7-19-9-13(21)17(22)20(24-3,18(19)23)16(11(19)2)12-5-6-14-15(8-12)26-10-25-14/h4-6,8-9,11,16,18,21,23H,1,7,10H2,2-3H3/t11-,16+,18-,19-,20-/m1/s1. The van der Waals surface area contributed by atoms with Crippen molar-refractivity contribution in [1.82, 2.24) is 0 Å². The van der Waals surface area contributed by atoms with E-state index in [0.29, 0.717) is 17.9 Å². The Bertz CT molecular complexity index is 815. The average Bonchev–Trinajstić information content (AvgIpc) is 3.14. The second kappa shape index (κ2) is 5.59. The summed E-state index contributed by atoms with van der Waals surface area (Å²) in [5.41, 5.74) is -1.60. The number of methoxy groups -OCH3 is 1. The van der Waals surface area contributed by atoms with Gasteiger partial charge < -0.3 is 24.4 Å². The van der Waals surface area contributed by atoms with Gasteiger partial charge in [0, 0.05) is 18.4 Å². The van der Waals surface area contributed by atoms with Gasteiger partial charge in [-0.25, -0.2) is 0 Å². The maximum atomic E-state index is 13.0. The van der Waals surface area contributed by atoms with Crippen LogP contribution in [0.5, 0.6) is 11.5 Å². The highest BCUT2D eigenvalue weighted by Gasteiger charge is 2.72. The summed E-state index contributed by atoms with van der Waals surface area (Å²) in [6.07, 6.45) is 2.49. The first-order chi connectivity index (χ1) is 12.4. The predicted molar refractivity (Wildman–Crippen MR) is 93.2 cm³/mol. The first-order valence-corrected chi connectivity index (χ1v) is 8.62. The molecule has 0 radical (unpaired) electrons. The molecule has 0 spiro atoms. The van der Waals surface area contributed by atoms with Crippen LogP contribution in [0.1, 0.15) is 24.8 Å². The number of hydrogen-bond donors (Lipinski definition) is 2. The number of fused-ring (bicyclic) bond motifs is 3. The first kappa shape index (κ1) is 17.1. The van der Waals surface area contributed by atoms with E-state index < -0.39 is 28.8 Å². The largest absolute Gasteiger partial charge is 0.505 e. The van der Waals surface area contributed by atoms with E-state index in [2.05, 4.69) is 6.58 Å². The van der Waals surface area contributed by atoms with Gasteiger partial charge in [-0.3, -0.25) is 4.79 Å². The molecule has 1 heterocycles. The highest BCUT2D eigenvalue weighted by Crippen LogP contribution is 2.64. The summed E-state index contributed by atoms with van der Waals surface area (Å²) >= 11 is 0. The minimum Gasteiger partial charge on any atom is -0.505 e. The Kier molecular flexibility index (Phi) is 3.68. The van der Waals surface area contributed by atoms with Crippen molar-refractivity contribution in [2.24, 2.45) is 11.3 Å². The second-order valence-corrected chi connectivity index (χ2v) is 7.24. The summed E-state index contributed by atoms with van der Waals surface area (Å²) < 4.78 is 16.5. The molecule has 1 fully saturated rings. The molecule has 1 saturated carbocycles. The molecule has 26 heavy (non-hydrogen) atoms. The van der Waals surface area contributed by atoms with E-state index in [-0.39, 0.29) is 18.5 Å². The fourth-order valence-electron chi connectivity index (χ4n) is 5.08. The van der Waals surface area contributed by atoms with Crippen molar-refractivity contribution in [3.63, 3.8) is 0 Å². The van der Waals surface area contributed by atoms with Crippen LogP contribution < -0.4 is 9.47 Å². The van der Waals surface area contributed by atoms with Crippen LogP contribution in [0.15, 0.2) is 42.7 Å². The lowest BCUT2D eigenvalue weighted by atomic mass is 9.70. The summed E-state index contributed by atoms with van der Waals surface area (Å²) in [5, 5.41) is 21.6. The van der Waals surface area contributed by atoms with Crippen LogP contribution in [-0.2, 0) is 9.53 Å². The number of carbonyl (C=O) groups excluding carboxylic acids is 1. The summed E-state index contributed by atoms with van der Waals surface area (Å²) in [4.78, 5) is 13.0. The molecule has 2 bridgehead atoms. The molecule has 2 N–H and O–H groups in total. The topological polar surface area (TPSA) is 85.2 Å². The first-order valence-electron chi connectivity index (χ1n) is 8.62. The van der Waals surface area contributed by atoms with E-state index in [9.17, 15) is 15.0 Å². The Balaban J connectivity index is 1.93. The molecule has 4 rings (SSSR count). The number of ketones is 1. The van der Waals surface area contributed by atoms with Crippen molar-refractivity contribution >= 4 is 5.78 Å². The molecule has 1 aromatic rings. The lowest BCUT2D eigenvalue weighted by molar-refractivity contribution is -0.161. The van der Waals surface area contributed by atoms with Gasteiger partial charge in [0.2, 0.25) is 12.6 Å². The van der Waals surface area contributed by atoms with Gasteiger partial charge in [-0.05, 0) is 36.1 Å². The maximum absolute atomic E-state index is 13.0. The van der Waals surface area contributed by atoms with Gasteiger partial charge in [-0.1, -0.05) is 19.1 Å². The fraction of sp³-hybridized carbons (Fsp3) is 0.450. The van der Waals surface area contributed by atoms with Crippen molar-refractivity contribution in [2.75, 3.05) is 13.9 Å². The average molecular weight is 358 g/mol. The van der Waals surface area contributed by atoms with Gasteiger partial charge in [0.25, 0.3) is 0 Å². The Morgan fingerprint density at radius 2 is 2.12 bits per heavy atom. The zero-order valence-electron chi connectivity index (χ0n) is 14.8. The number of carbonyl (C=O) groups is 1. The van der Waals surface area contributed by atoms with Crippen molar-refractivity contribution in [2.45, 2.75) is 31.0 Å². The second-order valence-electron chi connectivity index (χ2n) is 7.24. The number of allylic oxidation sites excluding steroid dienone is 1. The molecule has 0 amide bonds. The van der Waals surface area contributed by atoms with Gasteiger partial charge in [0.05, 0.1) is 0 Å². The molecule has 0 aromatic heterocycles. The summed E-state index contributed by atoms with van der Waals surface area (Å²) in [6.45, 7) is 5.90. The number of aliphatic hydroxyl groups excluding tert-OH is 2. The third-order valence-electron chi connectivity index (χ3n) is 6.31. The number of aliphatic hydroxyl groups is 2. The number of Topliss-reactive ketones (excluding diaryl/α,β-unsaturated/α-hetero) is 1. The Morgan fingerprint density at radius 1 is 1.38 bits per heavy atom. The molecule has 5 atom stereocenters. The van der Waals surface area contributed by atoms with E-state index in [4.69, 9.17) is 14.2 Å². The van der Waals surface area contributed by atoms with Crippen LogP contribution in [0.2, 0.25) is 0 Å². The zero-order chi connectivity index (χ0) is 18.7. The molecule has 0 unspecified atom stereocenters. The van der Waals surface area contributed by atoms with E-state index in [0.717, 1.165) is 5.56 Å². The van der Waals surface area contributed by atoms with Crippen LogP contribution >= 0.6 is 0 Å². The van der Waals surface area contributed by atoms with E-state index in [1.54, 1.807) is 12.1 Å². The fourth-order valence-corrected chi connectivity index (χ4v) is 5.08. The van der Waals surface area contributed by atoms with Gasteiger partial charge >= 0.3 is 0 Å². The normalized spacial score (nSPS) is 37.6. The molecule has 1 aromatic carbocycles. The Morgan fingerprint density at radius 3 is 2.81 bits per heavy atom. The molecule has 1 aliphatic heterocycles. The lowest BCUT2D eigenvalue weighted by Crippen LogP contribution is -2.57. The highest BCUT2D eigenvalue weighted by atomic mass is 16.7. The van der Waals surface area contributed by atoms with Crippen molar-refractivity contribution in [1.29, 1.82) is 0 Å². The zero-order valence-corrected chi connectivity index (χ0v) is 14.8. The maximum Gasteiger partial charge on any atom is 0.231 e. The monoisotopic (exact) mass is 358 g/mol. The predicted octanol–water partition coefficient (Wildman–Crippen LogP) is 2.48. The molecule has 6 nitrogen and oxygen atoms in total. The van der Waals surface area contributed by atoms with E-state index in [1.165, 1.54) is 13.2 Å².